The van der Waals surface area contributed by atoms with Gasteiger partial charge in [-0.3, -0.25) is 4.79 Å². The second kappa shape index (κ2) is 6.56. The Bertz CT molecular complexity index is 1160. The molecule has 0 aliphatic heterocycles. The predicted molar refractivity (Wildman–Crippen MR) is 99.2 cm³/mol. The van der Waals surface area contributed by atoms with Crippen LogP contribution in [-0.4, -0.2) is 4.98 Å². The summed E-state index contributed by atoms with van der Waals surface area (Å²) >= 11 is 0. The van der Waals surface area contributed by atoms with Gasteiger partial charge in [-0.2, -0.15) is 0 Å². The average molecular weight is 347 g/mol. The molecule has 2 nitrogen and oxygen atoms in total. The van der Waals surface area contributed by atoms with Crippen LogP contribution in [0.1, 0.15) is 11.1 Å². The van der Waals surface area contributed by atoms with Crippen LogP contribution in [0.3, 0.4) is 0 Å². The van der Waals surface area contributed by atoms with Gasteiger partial charge in [-0.1, -0.05) is 42.5 Å². The fraction of sp³-hybridized carbons (Fsp3) is 0.0455. The summed E-state index contributed by atoms with van der Waals surface area (Å²) in [6.07, 6.45) is 0.0799. The molecule has 4 rings (SSSR count). The molecule has 0 fully saturated rings. The zero-order valence-corrected chi connectivity index (χ0v) is 13.8. The summed E-state index contributed by atoms with van der Waals surface area (Å²) in [6.45, 7) is 0. The molecule has 0 aliphatic rings. The molecule has 1 N–H and O–H groups in total. The molecule has 3 aromatic carbocycles. The van der Waals surface area contributed by atoms with Gasteiger partial charge in [0.2, 0.25) is 0 Å². The average Bonchev–Trinajstić information content (AvgIpc) is 2.66. The van der Waals surface area contributed by atoms with Crippen molar-refractivity contribution in [3.05, 3.63) is 106 Å². The van der Waals surface area contributed by atoms with Gasteiger partial charge < -0.3 is 4.98 Å². The highest BCUT2D eigenvalue weighted by molar-refractivity contribution is 5.83. The minimum absolute atomic E-state index is 0.0799. The molecule has 4 heteroatoms. The fourth-order valence-corrected chi connectivity index (χ4v) is 3.17. The molecule has 0 saturated carbocycles. The van der Waals surface area contributed by atoms with Gasteiger partial charge in [0.05, 0.1) is 5.69 Å². The Labute approximate surface area is 148 Å². The maximum absolute atomic E-state index is 14.4. The van der Waals surface area contributed by atoms with Gasteiger partial charge in [0, 0.05) is 28.5 Å². The van der Waals surface area contributed by atoms with Crippen molar-refractivity contribution in [1.82, 2.24) is 4.98 Å². The van der Waals surface area contributed by atoms with Crippen molar-refractivity contribution in [1.29, 1.82) is 0 Å². The first-order valence-corrected chi connectivity index (χ1v) is 8.27. The van der Waals surface area contributed by atoms with Gasteiger partial charge in [0.1, 0.15) is 11.6 Å². The van der Waals surface area contributed by atoms with Crippen LogP contribution in [0.2, 0.25) is 0 Å². The van der Waals surface area contributed by atoms with Gasteiger partial charge in [0.25, 0.3) is 0 Å². The van der Waals surface area contributed by atoms with Crippen LogP contribution in [0.15, 0.2) is 77.6 Å². The van der Waals surface area contributed by atoms with E-state index in [2.05, 4.69) is 4.98 Å². The van der Waals surface area contributed by atoms with Gasteiger partial charge in [0.15, 0.2) is 5.43 Å². The minimum Gasteiger partial charge on any atom is -0.354 e. The Kier molecular flexibility index (Phi) is 4.09. The topological polar surface area (TPSA) is 32.9 Å². The van der Waals surface area contributed by atoms with Gasteiger partial charge in [-0.15, -0.1) is 0 Å². The summed E-state index contributed by atoms with van der Waals surface area (Å²) in [6, 6.07) is 19.6. The van der Waals surface area contributed by atoms with Crippen molar-refractivity contribution < 1.29 is 8.78 Å². The monoisotopic (exact) mass is 347 g/mol. The second-order valence-corrected chi connectivity index (χ2v) is 6.10. The number of hydrogen-bond acceptors (Lipinski definition) is 1. The van der Waals surface area contributed by atoms with Crippen molar-refractivity contribution in [2.24, 2.45) is 0 Å². The summed E-state index contributed by atoms with van der Waals surface area (Å²) in [5.74, 6) is -0.826. The van der Waals surface area contributed by atoms with Gasteiger partial charge >= 0.3 is 0 Å². The molecule has 128 valence electrons. The standard InChI is InChI=1S/C22H15F2NO/c23-18-10-4-1-7-14(18)13-17-21(15-8-2-5-11-19(15)24)25-20-12-6-3-9-16(20)22(17)26/h1-12H,13H2,(H,25,26). The molecule has 0 saturated heterocycles. The lowest BCUT2D eigenvalue weighted by Crippen LogP contribution is -2.14. The molecule has 0 amide bonds. The number of hydrogen-bond donors (Lipinski definition) is 1. The van der Waals surface area contributed by atoms with Crippen molar-refractivity contribution in [3.8, 4) is 11.3 Å². The molecule has 0 bridgehead atoms. The quantitative estimate of drug-likeness (QED) is 0.552. The molecule has 4 aromatic rings. The van der Waals surface area contributed by atoms with Crippen LogP contribution in [0.4, 0.5) is 8.78 Å². The number of fused-ring (bicyclic) bond motifs is 1. The minimum atomic E-state index is -0.437. The summed E-state index contributed by atoms with van der Waals surface area (Å²) in [7, 11) is 0. The van der Waals surface area contributed by atoms with Crippen molar-refractivity contribution in [3.63, 3.8) is 0 Å². The van der Waals surface area contributed by atoms with E-state index in [-0.39, 0.29) is 17.7 Å². The summed E-state index contributed by atoms with van der Waals surface area (Å²) in [5.41, 5.74) is 1.82. The summed E-state index contributed by atoms with van der Waals surface area (Å²) in [4.78, 5) is 16.3. The normalized spacial score (nSPS) is 11.0. The number of aromatic amines is 1. The highest BCUT2D eigenvalue weighted by Crippen LogP contribution is 2.27. The van der Waals surface area contributed by atoms with Crippen LogP contribution >= 0.6 is 0 Å². The van der Waals surface area contributed by atoms with Gasteiger partial charge in [-0.05, 0) is 35.9 Å². The van der Waals surface area contributed by atoms with E-state index in [0.29, 0.717) is 33.3 Å². The van der Waals surface area contributed by atoms with E-state index in [0.717, 1.165) is 0 Å². The van der Waals surface area contributed by atoms with Crippen LogP contribution < -0.4 is 5.43 Å². The number of halogens is 2. The van der Waals surface area contributed by atoms with Crippen LogP contribution in [0.5, 0.6) is 0 Å². The van der Waals surface area contributed by atoms with Crippen molar-refractivity contribution in [2.75, 3.05) is 0 Å². The maximum Gasteiger partial charge on any atom is 0.193 e. The number of benzene rings is 3. The summed E-state index contributed by atoms with van der Waals surface area (Å²) < 4.78 is 28.6. The SMILES string of the molecule is O=c1c(Cc2ccccc2F)c(-c2ccccc2F)[nH]c2ccccc12. The Morgan fingerprint density at radius 1 is 0.769 bits per heavy atom. The van der Waals surface area contributed by atoms with E-state index in [1.807, 2.05) is 0 Å². The van der Waals surface area contributed by atoms with Crippen molar-refractivity contribution >= 4 is 10.9 Å². The van der Waals surface area contributed by atoms with Crippen LogP contribution in [0.25, 0.3) is 22.2 Å². The number of H-pyrrole nitrogens is 1. The maximum atomic E-state index is 14.4. The van der Waals surface area contributed by atoms with E-state index in [1.165, 1.54) is 12.1 Å². The molecular formula is C22H15F2NO. The third-order valence-electron chi connectivity index (χ3n) is 4.48. The first-order valence-electron chi connectivity index (χ1n) is 8.27. The molecule has 0 unspecified atom stereocenters. The zero-order chi connectivity index (χ0) is 18.1. The molecule has 0 radical (unpaired) electrons. The molecule has 0 aliphatic carbocycles. The highest BCUT2D eigenvalue weighted by atomic mass is 19.1. The van der Waals surface area contributed by atoms with Crippen LogP contribution in [0, 0.1) is 11.6 Å². The third-order valence-corrected chi connectivity index (χ3v) is 4.48. The zero-order valence-electron chi connectivity index (χ0n) is 13.8. The second-order valence-electron chi connectivity index (χ2n) is 6.10. The largest absolute Gasteiger partial charge is 0.354 e. The number of pyridine rings is 1. The summed E-state index contributed by atoms with van der Waals surface area (Å²) in [5, 5.41) is 0.499. The lowest BCUT2D eigenvalue weighted by Gasteiger charge is -2.13. The lowest BCUT2D eigenvalue weighted by molar-refractivity contribution is 0.613. The third kappa shape index (κ3) is 2.80. The van der Waals surface area contributed by atoms with Crippen molar-refractivity contribution in [2.45, 2.75) is 6.42 Å². The van der Waals surface area contributed by atoms with E-state index in [4.69, 9.17) is 0 Å². The Morgan fingerprint density at radius 2 is 1.42 bits per heavy atom. The number of rotatable bonds is 3. The fourth-order valence-electron chi connectivity index (χ4n) is 3.17. The number of para-hydroxylation sites is 1. The highest BCUT2D eigenvalue weighted by Gasteiger charge is 2.17. The first kappa shape index (κ1) is 16.2. The predicted octanol–water partition coefficient (Wildman–Crippen LogP) is 5.06. The Morgan fingerprint density at radius 3 is 2.19 bits per heavy atom. The van der Waals surface area contributed by atoms with Gasteiger partial charge in [-0.25, -0.2) is 8.78 Å². The van der Waals surface area contributed by atoms with E-state index < -0.39 is 5.82 Å². The lowest BCUT2D eigenvalue weighted by atomic mass is 9.96. The van der Waals surface area contributed by atoms with Crippen LogP contribution in [-0.2, 0) is 6.42 Å². The number of aromatic nitrogens is 1. The first-order chi connectivity index (χ1) is 12.6. The van der Waals surface area contributed by atoms with E-state index >= 15 is 0 Å². The van der Waals surface area contributed by atoms with E-state index in [9.17, 15) is 13.6 Å². The smallest absolute Gasteiger partial charge is 0.193 e. The molecular weight excluding hydrogens is 332 g/mol. The molecule has 1 aromatic heterocycles. The Hall–Kier alpha value is -3.27. The number of nitrogens with one attached hydrogen (secondary N) is 1. The Balaban J connectivity index is 2.02. The molecule has 26 heavy (non-hydrogen) atoms. The molecule has 0 atom stereocenters. The molecule has 0 spiro atoms. The molecule has 1 heterocycles. The van der Waals surface area contributed by atoms with E-state index in [1.54, 1.807) is 60.7 Å².